The predicted molar refractivity (Wildman–Crippen MR) is 64.9 cm³/mol. The van der Waals surface area contributed by atoms with Gasteiger partial charge in [-0.15, -0.1) is 0 Å². The maximum Gasteiger partial charge on any atom is 0.129 e. The van der Waals surface area contributed by atoms with Crippen molar-refractivity contribution in [3.63, 3.8) is 0 Å². The highest BCUT2D eigenvalue weighted by Crippen LogP contribution is 2.37. The smallest absolute Gasteiger partial charge is 0.129 e. The van der Waals surface area contributed by atoms with Crippen LogP contribution in [0.4, 0.5) is 10.1 Å². The van der Waals surface area contributed by atoms with E-state index in [0.717, 1.165) is 11.6 Å². The normalized spacial score (nSPS) is 17.2. The highest BCUT2D eigenvalue weighted by atomic mass is 19.1. The van der Waals surface area contributed by atoms with Crippen molar-refractivity contribution in [2.45, 2.75) is 32.4 Å². The lowest BCUT2D eigenvalue weighted by Crippen LogP contribution is -2.31. The van der Waals surface area contributed by atoms with Crippen molar-refractivity contribution in [1.82, 2.24) is 0 Å². The van der Waals surface area contributed by atoms with Gasteiger partial charge in [-0.25, -0.2) is 4.39 Å². The molecule has 0 radical (unpaired) electrons. The van der Waals surface area contributed by atoms with Crippen molar-refractivity contribution in [3.05, 3.63) is 29.6 Å². The van der Waals surface area contributed by atoms with Crippen LogP contribution in [-0.4, -0.2) is 13.1 Å². The molecule has 0 amide bonds. The number of nitrogens with two attached hydrogens (primary N) is 1. The van der Waals surface area contributed by atoms with Crippen molar-refractivity contribution < 1.29 is 4.39 Å². The van der Waals surface area contributed by atoms with Crippen molar-refractivity contribution >= 4 is 5.69 Å². The second-order valence-electron chi connectivity index (χ2n) is 4.63. The minimum Gasteiger partial charge on any atom is -0.371 e. The van der Waals surface area contributed by atoms with Crippen molar-refractivity contribution in [2.24, 2.45) is 11.7 Å². The SMILES string of the molecule is CC(C1CC1)N(C)c1cccc(F)c1CN. The van der Waals surface area contributed by atoms with Crippen LogP contribution >= 0.6 is 0 Å². The van der Waals surface area contributed by atoms with Crippen LogP contribution in [-0.2, 0) is 6.54 Å². The van der Waals surface area contributed by atoms with E-state index in [1.54, 1.807) is 6.07 Å². The van der Waals surface area contributed by atoms with E-state index in [1.165, 1.54) is 18.9 Å². The Kier molecular flexibility index (Phi) is 3.15. The second-order valence-corrected chi connectivity index (χ2v) is 4.63. The van der Waals surface area contributed by atoms with Gasteiger partial charge in [-0.2, -0.15) is 0 Å². The Bertz CT molecular complexity index is 374. The molecule has 2 N–H and O–H groups in total. The van der Waals surface area contributed by atoms with Crippen molar-refractivity contribution in [1.29, 1.82) is 0 Å². The van der Waals surface area contributed by atoms with Gasteiger partial charge in [0.2, 0.25) is 0 Å². The zero-order chi connectivity index (χ0) is 11.7. The molecule has 1 fully saturated rings. The van der Waals surface area contributed by atoms with E-state index < -0.39 is 0 Å². The Morgan fingerprint density at radius 1 is 1.50 bits per heavy atom. The molecule has 1 aliphatic rings. The molecule has 0 saturated heterocycles. The van der Waals surface area contributed by atoms with E-state index in [9.17, 15) is 4.39 Å². The lowest BCUT2D eigenvalue weighted by molar-refractivity contribution is 0.589. The number of hydrogen-bond acceptors (Lipinski definition) is 2. The topological polar surface area (TPSA) is 29.3 Å². The highest BCUT2D eigenvalue weighted by molar-refractivity contribution is 5.54. The van der Waals surface area contributed by atoms with Crippen molar-refractivity contribution in [3.8, 4) is 0 Å². The molecule has 0 aliphatic heterocycles. The van der Waals surface area contributed by atoms with Gasteiger partial charge < -0.3 is 10.6 Å². The summed E-state index contributed by atoms with van der Waals surface area (Å²) in [6.45, 7) is 2.45. The first-order valence-electron chi connectivity index (χ1n) is 5.85. The average Bonchev–Trinajstić information content (AvgIpc) is 3.10. The van der Waals surface area contributed by atoms with E-state index in [2.05, 4.69) is 11.8 Å². The van der Waals surface area contributed by atoms with Gasteiger partial charge in [-0.3, -0.25) is 0 Å². The zero-order valence-electron chi connectivity index (χ0n) is 9.91. The van der Waals surface area contributed by atoms with Crippen LogP contribution in [0.3, 0.4) is 0 Å². The Morgan fingerprint density at radius 2 is 2.19 bits per heavy atom. The van der Waals surface area contributed by atoms with Gasteiger partial charge in [0.1, 0.15) is 5.82 Å². The summed E-state index contributed by atoms with van der Waals surface area (Å²) in [6, 6.07) is 5.64. The van der Waals surface area contributed by atoms with E-state index in [-0.39, 0.29) is 12.4 Å². The average molecular weight is 222 g/mol. The summed E-state index contributed by atoms with van der Waals surface area (Å²) in [5, 5.41) is 0. The first-order chi connectivity index (χ1) is 7.65. The minimum absolute atomic E-state index is 0.199. The predicted octanol–water partition coefficient (Wildman–Crippen LogP) is 2.52. The van der Waals surface area contributed by atoms with Crippen LogP contribution in [0.2, 0.25) is 0 Å². The first-order valence-corrected chi connectivity index (χ1v) is 5.85. The number of anilines is 1. The summed E-state index contributed by atoms with van der Waals surface area (Å²) in [5.41, 5.74) is 7.17. The highest BCUT2D eigenvalue weighted by Gasteiger charge is 2.31. The molecule has 0 heterocycles. The van der Waals surface area contributed by atoms with Gasteiger partial charge >= 0.3 is 0 Å². The lowest BCUT2D eigenvalue weighted by atomic mass is 10.1. The quantitative estimate of drug-likeness (QED) is 0.848. The summed E-state index contributed by atoms with van der Waals surface area (Å²) >= 11 is 0. The Morgan fingerprint density at radius 3 is 2.75 bits per heavy atom. The molecule has 16 heavy (non-hydrogen) atoms. The van der Waals surface area contributed by atoms with Crippen molar-refractivity contribution in [2.75, 3.05) is 11.9 Å². The van der Waals surface area contributed by atoms with Gasteiger partial charge in [-0.05, 0) is 37.8 Å². The number of hydrogen-bond donors (Lipinski definition) is 1. The molecule has 0 spiro atoms. The molecule has 1 aromatic carbocycles. The Hall–Kier alpha value is -1.09. The standard InChI is InChI=1S/C13H19FN2/c1-9(10-6-7-10)16(2)13-5-3-4-12(14)11(13)8-15/h3-5,9-10H,6-8,15H2,1-2H3. The number of rotatable bonds is 4. The third kappa shape index (κ3) is 2.05. The molecule has 1 atom stereocenters. The van der Waals surface area contributed by atoms with Gasteiger partial charge in [0.15, 0.2) is 0 Å². The Balaban J connectivity index is 2.27. The van der Waals surface area contributed by atoms with Gasteiger partial charge in [0.05, 0.1) is 0 Å². The van der Waals surface area contributed by atoms with Crippen LogP contribution in [0.15, 0.2) is 18.2 Å². The number of nitrogens with zero attached hydrogens (tertiary/aromatic N) is 1. The molecular formula is C13H19FN2. The molecule has 1 unspecified atom stereocenters. The molecule has 2 rings (SSSR count). The minimum atomic E-state index is -0.199. The molecule has 1 aliphatic carbocycles. The maximum atomic E-state index is 13.6. The summed E-state index contributed by atoms with van der Waals surface area (Å²) in [6.07, 6.45) is 2.58. The van der Waals surface area contributed by atoms with E-state index >= 15 is 0 Å². The van der Waals surface area contributed by atoms with E-state index in [4.69, 9.17) is 5.73 Å². The van der Waals surface area contributed by atoms with Crippen LogP contribution in [0.5, 0.6) is 0 Å². The van der Waals surface area contributed by atoms with Crippen LogP contribution < -0.4 is 10.6 Å². The maximum absolute atomic E-state index is 13.6. The monoisotopic (exact) mass is 222 g/mol. The number of halogens is 1. The van der Waals surface area contributed by atoms with Crippen LogP contribution in [0.1, 0.15) is 25.3 Å². The third-order valence-electron chi connectivity index (χ3n) is 3.59. The second kappa shape index (κ2) is 4.42. The van der Waals surface area contributed by atoms with Gasteiger partial charge in [0, 0.05) is 30.9 Å². The molecule has 1 aromatic rings. The molecule has 88 valence electrons. The summed E-state index contributed by atoms with van der Waals surface area (Å²) in [4.78, 5) is 2.16. The zero-order valence-corrected chi connectivity index (χ0v) is 9.91. The summed E-state index contributed by atoms with van der Waals surface area (Å²) in [7, 11) is 2.02. The van der Waals surface area contributed by atoms with Crippen LogP contribution in [0, 0.1) is 11.7 Å². The largest absolute Gasteiger partial charge is 0.371 e. The molecule has 2 nitrogen and oxygen atoms in total. The molecule has 0 bridgehead atoms. The fraction of sp³-hybridized carbons (Fsp3) is 0.538. The molecular weight excluding hydrogens is 203 g/mol. The summed E-state index contributed by atoms with van der Waals surface area (Å²) in [5.74, 6) is 0.564. The van der Waals surface area contributed by atoms with Crippen LogP contribution in [0.25, 0.3) is 0 Å². The Labute approximate surface area is 96.2 Å². The third-order valence-corrected chi connectivity index (χ3v) is 3.59. The summed E-state index contributed by atoms with van der Waals surface area (Å²) < 4.78 is 13.6. The van der Waals surface area contributed by atoms with E-state index in [0.29, 0.717) is 11.6 Å². The van der Waals surface area contributed by atoms with E-state index in [1.807, 2.05) is 13.1 Å². The molecule has 3 heteroatoms. The molecule has 0 aromatic heterocycles. The fourth-order valence-electron chi connectivity index (χ4n) is 2.19. The van der Waals surface area contributed by atoms with Gasteiger partial charge in [0.25, 0.3) is 0 Å². The lowest BCUT2D eigenvalue weighted by Gasteiger charge is -2.29. The number of benzene rings is 1. The van der Waals surface area contributed by atoms with Gasteiger partial charge in [-0.1, -0.05) is 6.07 Å². The molecule has 1 saturated carbocycles. The first kappa shape index (κ1) is 11.4. The fourth-order valence-corrected chi connectivity index (χ4v) is 2.19.